The van der Waals surface area contributed by atoms with Gasteiger partial charge in [-0.15, -0.1) is 0 Å². The van der Waals surface area contributed by atoms with Gasteiger partial charge in [0.2, 0.25) is 11.9 Å². The van der Waals surface area contributed by atoms with E-state index in [2.05, 4.69) is 20.4 Å². The number of non-ortho nitro benzene ring substituents is 1. The third-order valence-corrected chi connectivity index (χ3v) is 4.74. The van der Waals surface area contributed by atoms with Crippen molar-refractivity contribution in [2.75, 3.05) is 5.32 Å². The number of amides is 1. The number of hydrogen-bond donors (Lipinski definition) is 2. The predicted octanol–water partition coefficient (Wildman–Crippen LogP) is 2.31. The number of benzene rings is 1. The first-order valence-corrected chi connectivity index (χ1v) is 9.33. The Kier molecular flexibility index (Phi) is 4.97. The molecule has 4 rings (SSSR count). The Morgan fingerprint density at radius 3 is 2.80 bits per heavy atom. The average molecular weight is 406 g/mol. The van der Waals surface area contributed by atoms with Crippen LogP contribution in [0.2, 0.25) is 0 Å². The fourth-order valence-electron chi connectivity index (χ4n) is 3.33. The van der Waals surface area contributed by atoms with Crippen LogP contribution < -0.4 is 10.9 Å². The average Bonchev–Trinajstić information content (AvgIpc) is 3.33. The van der Waals surface area contributed by atoms with Crippen molar-refractivity contribution in [1.82, 2.24) is 19.7 Å². The number of carbonyl (C=O) groups excluding carboxylic acids is 1. The Hall–Kier alpha value is -4.08. The van der Waals surface area contributed by atoms with Gasteiger partial charge in [0.25, 0.3) is 11.2 Å². The number of nitrogens with zero attached hydrogens (tertiary/aromatic N) is 4. The van der Waals surface area contributed by atoms with E-state index >= 15 is 0 Å². The van der Waals surface area contributed by atoms with Gasteiger partial charge in [-0.2, -0.15) is 9.78 Å². The monoisotopic (exact) mass is 406 g/mol. The van der Waals surface area contributed by atoms with Crippen molar-refractivity contribution >= 4 is 23.5 Å². The maximum atomic E-state index is 12.4. The van der Waals surface area contributed by atoms with Gasteiger partial charge in [-0.05, 0) is 50.0 Å². The fourth-order valence-corrected chi connectivity index (χ4v) is 3.33. The molecule has 0 saturated heterocycles. The van der Waals surface area contributed by atoms with E-state index in [1.807, 2.05) is 0 Å². The summed E-state index contributed by atoms with van der Waals surface area (Å²) < 4.78 is 1.40. The van der Waals surface area contributed by atoms with Gasteiger partial charge in [-0.25, -0.2) is 4.98 Å². The molecule has 0 spiro atoms. The molecule has 10 nitrogen and oxygen atoms in total. The molecule has 1 amide bonds. The summed E-state index contributed by atoms with van der Waals surface area (Å²) in [5.74, 6) is 0.202. The Morgan fingerprint density at radius 2 is 2.07 bits per heavy atom. The highest BCUT2D eigenvalue weighted by molar-refractivity contribution is 6.01. The third-order valence-electron chi connectivity index (χ3n) is 4.74. The van der Waals surface area contributed by atoms with E-state index in [1.165, 1.54) is 22.9 Å². The Labute approximate surface area is 170 Å². The van der Waals surface area contributed by atoms with Crippen molar-refractivity contribution < 1.29 is 9.72 Å². The molecule has 0 aliphatic heterocycles. The van der Waals surface area contributed by atoms with Crippen LogP contribution in [0.25, 0.3) is 12.0 Å². The van der Waals surface area contributed by atoms with Crippen LogP contribution in [-0.4, -0.2) is 30.6 Å². The number of hydrogen-bond acceptors (Lipinski definition) is 6. The molecule has 0 bridgehead atoms. The summed E-state index contributed by atoms with van der Waals surface area (Å²) in [6.07, 6.45) is 5.21. The summed E-state index contributed by atoms with van der Waals surface area (Å²) in [7, 11) is 0. The van der Waals surface area contributed by atoms with Crippen LogP contribution in [0.5, 0.6) is 0 Å². The molecule has 2 N–H and O–H groups in total. The number of fused-ring (bicyclic) bond motifs is 1. The number of nitro benzene ring substituents is 1. The van der Waals surface area contributed by atoms with E-state index in [9.17, 15) is 19.7 Å². The van der Waals surface area contributed by atoms with Crippen LogP contribution in [-0.2, 0) is 17.6 Å². The van der Waals surface area contributed by atoms with E-state index in [4.69, 9.17) is 0 Å². The Balaban J connectivity index is 1.54. The molecule has 2 heterocycles. The summed E-state index contributed by atoms with van der Waals surface area (Å²) in [4.78, 5) is 42.1. The summed E-state index contributed by atoms with van der Waals surface area (Å²) in [6, 6.07) is 7.51. The predicted molar refractivity (Wildman–Crippen MR) is 110 cm³/mol. The lowest BCUT2D eigenvalue weighted by Crippen LogP contribution is -2.20. The molecular formula is C20H18N6O4. The van der Waals surface area contributed by atoms with Crippen molar-refractivity contribution in [3.63, 3.8) is 0 Å². The lowest BCUT2D eigenvalue weighted by molar-refractivity contribution is -0.384. The van der Waals surface area contributed by atoms with Crippen molar-refractivity contribution in [1.29, 1.82) is 0 Å². The van der Waals surface area contributed by atoms with Crippen LogP contribution in [0.1, 0.15) is 28.9 Å². The van der Waals surface area contributed by atoms with Crippen LogP contribution in [0.3, 0.4) is 0 Å². The second-order valence-electron chi connectivity index (χ2n) is 6.92. The van der Waals surface area contributed by atoms with Crippen molar-refractivity contribution in [3.8, 4) is 5.95 Å². The highest BCUT2D eigenvalue weighted by Crippen LogP contribution is 2.19. The number of H-pyrrole nitrogens is 1. The molecule has 3 aromatic rings. The largest absolute Gasteiger partial charge is 0.307 e. The maximum Gasteiger partial charge on any atom is 0.269 e. The summed E-state index contributed by atoms with van der Waals surface area (Å²) in [5, 5.41) is 17.8. The quantitative estimate of drug-likeness (QED) is 0.379. The molecule has 2 aromatic heterocycles. The van der Waals surface area contributed by atoms with Crippen LogP contribution in [0.4, 0.5) is 11.5 Å². The number of rotatable bonds is 5. The molecule has 10 heteroatoms. The van der Waals surface area contributed by atoms with E-state index in [1.54, 1.807) is 31.2 Å². The van der Waals surface area contributed by atoms with Gasteiger partial charge in [0.1, 0.15) is 5.82 Å². The molecular weight excluding hydrogens is 388 g/mol. The minimum absolute atomic E-state index is 0.0215. The molecule has 30 heavy (non-hydrogen) atoms. The molecule has 0 unspecified atom stereocenters. The summed E-state index contributed by atoms with van der Waals surface area (Å²) in [6.45, 7) is 1.77. The number of aromatic nitrogens is 4. The second-order valence-corrected chi connectivity index (χ2v) is 6.92. The van der Waals surface area contributed by atoms with Gasteiger partial charge in [0.05, 0.1) is 16.3 Å². The minimum atomic E-state index is -0.485. The van der Waals surface area contributed by atoms with E-state index < -0.39 is 10.8 Å². The summed E-state index contributed by atoms with van der Waals surface area (Å²) >= 11 is 0. The van der Waals surface area contributed by atoms with Gasteiger partial charge < -0.3 is 5.32 Å². The number of nitro groups is 1. The van der Waals surface area contributed by atoms with Crippen LogP contribution in [0, 0.1) is 17.0 Å². The molecule has 0 fully saturated rings. The Bertz CT molecular complexity index is 1220. The van der Waals surface area contributed by atoms with E-state index in [0.717, 1.165) is 18.5 Å². The van der Waals surface area contributed by atoms with E-state index in [-0.39, 0.29) is 17.2 Å². The van der Waals surface area contributed by atoms with Crippen LogP contribution >= 0.6 is 0 Å². The zero-order chi connectivity index (χ0) is 21.3. The molecule has 1 aromatic carbocycles. The van der Waals surface area contributed by atoms with Gasteiger partial charge in [-0.1, -0.05) is 0 Å². The molecule has 152 valence electrons. The van der Waals surface area contributed by atoms with Crippen molar-refractivity contribution in [3.05, 3.63) is 79.4 Å². The number of carbonyl (C=O) groups is 1. The van der Waals surface area contributed by atoms with Gasteiger partial charge in [0, 0.05) is 29.8 Å². The maximum absolute atomic E-state index is 12.4. The zero-order valence-corrected chi connectivity index (χ0v) is 16.1. The highest BCUT2D eigenvalue weighted by Gasteiger charge is 2.19. The first kappa shape index (κ1) is 19.2. The number of anilines is 1. The number of aromatic amines is 1. The molecule has 0 radical (unpaired) electrons. The molecule has 1 aliphatic rings. The highest BCUT2D eigenvalue weighted by atomic mass is 16.6. The topological polar surface area (TPSA) is 136 Å². The zero-order valence-electron chi connectivity index (χ0n) is 16.1. The molecule has 0 saturated carbocycles. The SMILES string of the molecule is Cc1cc(NC(=O)/C=C/c2ccc([N+](=O)[O-])cc2)n(-c2nc3c(c(=O)[nH]2)CCC3)n1. The first-order chi connectivity index (χ1) is 14.4. The summed E-state index contributed by atoms with van der Waals surface area (Å²) in [5.41, 5.74) is 2.55. The van der Waals surface area contributed by atoms with Gasteiger partial charge >= 0.3 is 0 Å². The Morgan fingerprint density at radius 1 is 1.30 bits per heavy atom. The van der Waals surface area contributed by atoms with Crippen molar-refractivity contribution in [2.24, 2.45) is 0 Å². The van der Waals surface area contributed by atoms with Crippen molar-refractivity contribution in [2.45, 2.75) is 26.2 Å². The number of aryl methyl sites for hydroxylation is 2. The third kappa shape index (κ3) is 3.88. The van der Waals surface area contributed by atoms with Gasteiger partial charge in [-0.3, -0.25) is 24.7 Å². The standard InChI is InChI=1S/C20H18N6O4/c1-12-11-17(22-18(27)10-7-13-5-8-14(9-6-13)26(29)30)25(24-12)20-21-16-4-2-3-15(16)19(28)23-20/h5-11H,2-4H2,1H3,(H,22,27)(H,21,23,28)/b10-7+. The lowest BCUT2D eigenvalue weighted by Gasteiger charge is -2.08. The minimum Gasteiger partial charge on any atom is -0.307 e. The normalized spacial score (nSPS) is 12.8. The van der Waals surface area contributed by atoms with E-state index in [0.29, 0.717) is 29.1 Å². The van der Waals surface area contributed by atoms with Crippen LogP contribution in [0.15, 0.2) is 41.2 Å². The molecule has 0 atom stereocenters. The fraction of sp³-hybridized carbons (Fsp3) is 0.200. The van der Waals surface area contributed by atoms with Gasteiger partial charge in [0.15, 0.2) is 0 Å². The first-order valence-electron chi connectivity index (χ1n) is 9.33. The second kappa shape index (κ2) is 7.74. The smallest absolute Gasteiger partial charge is 0.269 e. The number of nitrogens with one attached hydrogen (secondary N) is 2. The molecule has 1 aliphatic carbocycles. The lowest BCUT2D eigenvalue weighted by atomic mass is 10.2.